The van der Waals surface area contributed by atoms with Gasteiger partial charge in [0.2, 0.25) is 0 Å². The Kier molecular flexibility index (Phi) is 4.28. The van der Waals surface area contributed by atoms with Crippen LogP contribution in [-0.4, -0.2) is 35.3 Å². The molecular formula is C21H14F3N7. The molecule has 5 heterocycles. The smallest absolute Gasteiger partial charge is 0.284 e. The first-order valence-corrected chi connectivity index (χ1v) is 9.26. The van der Waals surface area contributed by atoms with E-state index in [9.17, 15) is 13.2 Å². The molecule has 0 aliphatic rings. The number of halogens is 3. The average molecular weight is 421 g/mol. The molecule has 0 saturated heterocycles. The van der Waals surface area contributed by atoms with E-state index in [0.717, 1.165) is 17.3 Å². The Morgan fingerprint density at radius 3 is 2.55 bits per heavy atom. The number of alkyl halides is 3. The molecule has 10 heteroatoms. The lowest BCUT2D eigenvalue weighted by molar-refractivity contribution is -0.141. The second-order valence-corrected chi connectivity index (χ2v) is 6.94. The maximum atomic E-state index is 12.9. The number of aromatic nitrogens is 7. The fraction of sp³-hybridized carbons (Fsp3) is 0.0952. The minimum Gasteiger partial charge on any atom is -0.284 e. The Morgan fingerprint density at radius 2 is 1.77 bits per heavy atom. The fourth-order valence-electron chi connectivity index (χ4n) is 3.27. The number of fused-ring (bicyclic) bond motifs is 1. The second kappa shape index (κ2) is 7.01. The maximum absolute atomic E-state index is 12.9. The molecule has 154 valence electrons. The topological polar surface area (TPSA) is 96.0 Å². The molecule has 0 fully saturated rings. The first kappa shape index (κ1) is 18.9. The molecule has 5 rings (SSSR count). The van der Waals surface area contributed by atoms with Crippen molar-refractivity contribution in [2.45, 2.75) is 13.1 Å². The number of hydrogen-bond donors (Lipinski definition) is 2. The van der Waals surface area contributed by atoms with Crippen molar-refractivity contribution in [1.29, 1.82) is 0 Å². The minimum atomic E-state index is -4.52. The summed E-state index contributed by atoms with van der Waals surface area (Å²) in [5.74, 6) is 0. The van der Waals surface area contributed by atoms with Gasteiger partial charge in [0.05, 0.1) is 28.1 Å². The third-order valence-corrected chi connectivity index (χ3v) is 4.76. The van der Waals surface area contributed by atoms with Crippen LogP contribution in [0.4, 0.5) is 13.2 Å². The summed E-state index contributed by atoms with van der Waals surface area (Å²) >= 11 is 0. The lowest BCUT2D eigenvalue weighted by Gasteiger charge is -2.05. The molecule has 0 aliphatic heterocycles. The van der Waals surface area contributed by atoms with E-state index >= 15 is 0 Å². The molecule has 0 saturated carbocycles. The molecule has 31 heavy (non-hydrogen) atoms. The van der Waals surface area contributed by atoms with E-state index < -0.39 is 11.9 Å². The molecule has 0 spiro atoms. The van der Waals surface area contributed by atoms with Gasteiger partial charge in [-0.25, -0.2) is 4.98 Å². The zero-order valence-corrected chi connectivity index (χ0v) is 16.1. The Bertz CT molecular complexity index is 1400. The van der Waals surface area contributed by atoms with E-state index in [4.69, 9.17) is 0 Å². The van der Waals surface area contributed by atoms with Crippen LogP contribution in [-0.2, 0) is 6.18 Å². The Hall–Kier alpha value is -4.08. The summed E-state index contributed by atoms with van der Waals surface area (Å²) in [6.45, 7) is 1.90. The first-order valence-electron chi connectivity index (χ1n) is 9.26. The van der Waals surface area contributed by atoms with Crippen LogP contribution in [0.2, 0.25) is 0 Å². The van der Waals surface area contributed by atoms with Gasteiger partial charge in [-0.1, -0.05) is 6.07 Å². The number of pyridine rings is 3. The summed E-state index contributed by atoms with van der Waals surface area (Å²) in [6.07, 6.45) is -1.31. The highest BCUT2D eigenvalue weighted by Crippen LogP contribution is 2.32. The number of hydrogen-bond acceptors (Lipinski definition) is 5. The molecule has 0 aliphatic carbocycles. The van der Waals surface area contributed by atoms with Gasteiger partial charge >= 0.3 is 6.18 Å². The summed E-state index contributed by atoms with van der Waals surface area (Å²) < 4.78 is 38.6. The van der Waals surface area contributed by atoms with Crippen LogP contribution in [0.3, 0.4) is 0 Å². The van der Waals surface area contributed by atoms with Gasteiger partial charge in [-0.15, -0.1) is 0 Å². The lowest BCUT2D eigenvalue weighted by Crippen LogP contribution is -2.04. The summed E-state index contributed by atoms with van der Waals surface area (Å²) in [7, 11) is 0. The molecule has 0 unspecified atom stereocenters. The molecule has 0 aromatic carbocycles. The van der Waals surface area contributed by atoms with Gasteiger partial charge in [0.25, 0.3) is 0 Å². The van der Waals surface area contributed by atoms with Crippen molar-refractivity contribution in [2.24, 2.45) is 0 Å². The maximum Gasteiger partial charge on any atom is 0.435 e. The molecule has 0 amide bonds. The number of nitrogens with zero attached hydrogens (tertiary/aromatic N) is 5. The first-order chi connectivity index (χ1) is 14.9. The highest BCUT2D eigenvalue weighted by Gasteiger charge is 2.34. The van der Waals surface area contributed by atoms with Crippen molar-refractivity contribution in [1.82, 2.24) is 35.3 Å². The number of aromatic amines is 2. The van der Waals surface area contributed by atoms with Gasteiger partial charge < -0.3 is 0 Å². The van der Waals surface area contributed by atoms with Crippen LogP contribution in [0.15, 0.2) is 54.9 Å². The third kappa shape index (κ3) is 3.52. The molecule has 7 nitrogen and oxygen atoms in total. The van der Waals surface area contributed by atoms with Crippen LogP contribution in [0, 0.1) is 6.92 Å². The van der Waals surface area contributed by atoms with Gasteiger partial charge in [0.1, 0.15) is 5.69 Å². The molecule has 2 N–H and O–H groups in total. The minimum absolute atomic E-state index is 0.210. The van der Waals surface area contributed by atoms with Crippen LogP contribution in [0.25, 0.3) is 44.9 Å². The van der Waals surface area contributed by atoms with Gasteiger partial charge in [0.15, 0.2) is 5.69 Å². The summed E-state index contributed by atoms with van der Waals surface area (Å²) in [4.78, 5) is 13.5. The van der Waals surface area contributed by atoms with Crippen molar-refractivity contribution in [3.05, 3.63) is 66.2 Å². The molecule has 0 bridgehead atoms. The normalized spacial score (nSPS) is 11.9. The Morgan fingerprint density at radius 1 is 0.903 bits per heavy atom. The highest BCUT2D eigenvalue weighted by atomic mass is 19.4. The largest absolute Gasteiger partial charge is 0.435 e. The van der Waals surface area contributed by atoms with Gasteiger partial charge in [-0.05, 0) is 43.3 Å². The molecule has 5 aromatic rings. The van der Waals surface area contributed by atoms with Gasteiger partial charge in [0, 0.05) is 29.2 Å². The lowest BCUT2D eigenvalue weighted by atomic mass is 10.1. The van der Waals surface area contributed by atoms with E-state index in [0.29, 0.717) is 33.7 Å². The molecular weight excluding hydrogens is 407 g/mol. The Labute approximate surface area is 173 Å². The Balaban J connectivity index is 1.57. The highest BCUT2D eigenvalue weighted by molar-refractivity contribution is 5.84. The second-order valence-electron chi connectivity index (χ2n) is 6.94. The fourth-order valence-corrected chi connectivity index (χ4v) is 3.27. The number of nitrogens with one attached hydrogen (secondary N) is 2. The number of H-pyrrole nitrogens is 2. The number of aryl methyl sites for hydroxylation is 1. The zero-order valence-electron chi connectivity index (χ0n) is 16.1. The van der Waals surface area contributed by atoms with E-state index in [1.165, 1.54) is 6.20 Å². The molecule has 5 aromatic heterocycles. The van der Waals surface area contributed by atoms with Gasteiger partial charge in [-0.3, -0.25) is 20.2 Å². The van der Waals surface area contributed by atoms with Crippen LogP contribution >= 0.6 is 0 Å². The quantitative estimate of drug-likeness (QED) is 0.436. The SMILES string of the molecule is Cc1cccc(-c2n[nH]cc2-c2ccc3ncc(-c4cc(C(F)(F)F)n[nH]4)cc3n2)n1. The standard InChI is InChI=1S/C21H14F3N7/c1-11-3-2-4-16(27-11)20-13(10-26-31-20)14-5-6-15-18(28-14)7-12(9-25-15)17-8-19(30-29-17)21(22,23)24/h2-10H,1H3,(H,26,31)(H,29,30). The van der Waals surface area contributed by atoms with E-state index in [1.54, 1.807) is 18.3 Å². The van der Waals surface area contributed by atoms with Crippen LogP contribution < -0.4 is 0 Å². The third-order valence-electron chi connectivity index (χ3n) is 4.76. The summed E-state index contributed by atoms with van der Waals surface area (Å²) in [6, 6.07) is 11.9. The van der Waals surface area contributed by atoms with Crippen molar-refractivity contribution in [3.8, 4) is 33.9 Å². The molecule has 0 radical (unpaired) electrons. The molecule has 0 atom stereocenters. The van der Waals surface area contributed by atoms with E-state index in [2.05, 4.69) is 35.3 Å². The summed E-state index contributed by atoms with van der Waals surface area (Å²) in [5.41, 5.74) is 4.44. The van der Waals surface area contributed by atoms with Crippen LogP contribution in [0.5, 0.6) is 0 Å². The van der Waals surface area contributed by atoms with Crippen molar-refractivity contribution < 1.29 is 13.2 Å². The predicted molar refractivity (Wildman–Crippen MR) is 108 cm³/mol. The van der Waals surface area contributed by atoms with E-state index in [-0.39, 0.29) is 5.69 Å². The summed E-state index contributed by atoms with van der Waals surface area (Å²) in [5, 5.41) is 12.9. The van der Waals surface area contributed by atoms with E-state index in [1.807, 2.05) is 31.2 Å². The predicted octanol–water partition coefficient (Wildman–Crippen LogP) is 4.80. The number of rotatable bonds is 3. The van der Waals surface area contributed by atoms with Crippen LogP contribution in [0.1, 0.15) is 11.4 Å². The van der Waals surface area contributed by atoms with Crippen molar-refractivity contribution in [2.75, 3.05) is 0 Å². The average Bonchev–Trinajstić information content (AvgIpc) is 3.43. The van der Waals surface area contributed by atoms with Gasteiger partial charge in [-0.2, -0.15) is 23.4 Å². The zero-order chi connectivity index (χ0) is 21.6. The van der Waals surface area contributed by atoms with Crippen molar-refractivity contribution in [3.63, 3.8) is 0 Å². The monoisotopic (exact) mass is 421 g/mol. The van der Waals surface area contributed by atoms with Crippen molar-refractivity contribution >= 4 is 11.0 Å².